The van der Waals surface area contributed by atoms with Crippen LogP contribution >= 0.6 is 23.1 Å². The molecule has 4 rings (SSSR count). The van der Waals surface area contributed by atoms with Crippen LogP contribution in [0.5, 0.6) is 0 Å². The van der Waals surface area contributed by atoms with E-state index in [1.807, 2.05) is 6.92 Å². The van der Waals surface area contributed by atoms with Crippen molar-refractivity contribution in [2.24, 2.45) is 0 Å². The lowest BCUT2D eigenvalue weighted by molar-refractivity contribution is 0.306. The molecule has 0 amide bonds. The van der Waals surface area contributed by atoms with Crippen LogP contribution in [-0.4, -0.2) is 47.8 Å². The zero-order chi connectivity index (χ0) is 21.3. The second kappa shape index (κ2) is 8.63. The van der Waals surface area contributed by atoms with Crippen LogP contribution in [0.15, 0.2) is 53.4 Å². The van der Waals surface area contributed by atoms with Crippen molar-refractivity contribution in [3.8, 4) is 0 Å². The predicted octanol–water partition coefficient (Wildman–Crippen LogP) is 3.99. The maximum atomic E-state index is 13.0. The van der Waals surface area contributed by atoms with E-state index in [9.17, 15) is 8.42 Å². The van der Waals surface area contributed by atoms with E-state index < -0.39 is 10.0 Å². The average Bonchev–Trinajstić information content (AvgIpc) is 3.18. The van der Waals surface area contributed by atoms with Gasteiger partial charge in [-0.15, -0.1) is 0 Å². The smallest absolute Gasteiger partial charge is 0.243 e. The Kier molecular flexibility index (Phi) is 6.11. The van der Waals surface area contributed by atoms with Gasteiger partial charge in [0.15, 0.2) is 0 Å². The standard InChI is InChI=1S/C21H23ClN4O2S2/c1-15-3-5-17(6-4-15)13-20-23-21(29-24-20)25-11-12-26(16(2)14-25)30(27,28)19-9-7-18(22)8-10-19/h3-10,16H,11-14H2,1-2H3. The maximum absolute atomic E-state index is 13.0. The van der Waals surface area contributed by atoms with Gasteiger partial charge in [0.25, 0.3) is 0 Å². The topological polar surface area (TPSA) is 66.4 Å². The molecule has 1 saturated heterocycles. The van der Waals surface area contributed by atoms with Crippen molar-refractivity contribution < 1.29 is 8.42 Å². The summed E-state index contributed by atoms with van der Waals surface area (Å²) in [6.45, 7) is 5.55. The van der Waals surface area contributed by atoms with E-state index in [-0.39, 0.29) is 10.9 Å². The summed E-state index contributed by atoms with van der Waals surface area (Å²) in [5.74, 6) is 0.794. The molecule has 2 heterocycles. The fraction of sp³-hybridized carbons (Fsp3) is 0.333. The number of halogens is 1. The summed E-state index contributed by atoms with van der Waals surface area (Å²) in [6.07, 6.45) is 0.692. The van der Waals surface area contributed by atoms with Crippen molar-refractivity contribution in [2.45, 2.75) is 31.2 Å². The quantitative estimate of drug-likeness (QED) is 0.573. The molecule has 0 saturated carbocycles. The highest BCUT2D eigenvalue weighted by atomic mass is 35.5. The van der Waals surface area contributed by atoms with Gasteiger partial charge >= 0.3 is 0 Å². The number of sulfonamides is 1. The third kappa shape index (κ3) is 4.51. The summed E-state index contributed by atoms with van der Waals surface area (Å²) in [4.78, 5) is 7.08. The number of rotatable bonds is 5. The third-order valence-electron chi connectivity index (χ3n) is 5.20. The fourth-order valence-corrected chi connectivity index (χ4v) is 6.01. The Labute approximate surface area is 186 Å². The van der Waals surface area contributed by atoms with Crippen molar-refractivity contribution in [1.29, 1.82) is 0 Å². The second-order valence-corrected chi connectivity index (χ2v) is 10.6. The summed E-state index contributed by atoms with van der Waals surface area (Å²) in [5.41, 5.74) is 2.41. The zero-order valence-corrected chi connectivity index (χ0v) is 19.2. The second-order valence-electron chi connectivity index (χ2n) is 7.52. The van der Waals surface area contributed by atoms with Crippen molar-refractivity contribution in [3.05, 3.63) is 70.5 Å². The minimum absolute atomic E-state index is 0.177. The molecule has 1 unspecified atom stereocenters. The van der Waals surface area contributed by atoms with E-state index in [4.69, 9.17) is 16.6 Å². The number of hydrogen-bond acceptors (Lipinski definition) is 6. The van der Waals surface area contributed by atoms with Crippen molar-refractivity contribution in [1.82, 2.24) is 13.7 Å². The Morgan fingerprint density at radius 1 is 1.10 bits per heavy atom. The first-order valence-electron chi connectivity index (χ1n) is 9.73. The molecule has 9 heteroatoms. The molecule has 0 radical (unpaired) electrons. The zero-order valence-electron chi connectivity index (χ0n) is 16.8. The predicted molar refractivity (Wildman–Crippen MR) is 121 cm³/mol. The maximum Gasteiger partial charge on any atom is 0.243 e. The van der Waals surface area contributed by atoms with Gasteiger partial charge in [-0.2, -0.15) is 8.68 Å². The summed E-state index contributed by atoms with van der Waals surface area (Å²) in [6, 6.07) is 14.5. The van der Waals surface area contributed by atoms with Gasteiger partial charge in [0, 0.05) is 48.7 Å². The molecule has 0 bridgehead atoms. The molecule has 0 N–H and O–H groups in total. The number of benzene rings is 2. The summed E-state index contributed by atoms with van der Waals surface area (Å²) in [7, 11) is -3.56. The molecule has 0 aliphatic carbocycles. The van der Waals surface area contributed by atoms with Gasteiger partial charge < -0.3 is 4.90 Å². The van der Waals surface area contributed by atoms with Gasteiger partial charge in [-0.25, -0.2) is 13.4 Å². The first-order valence-corrected chi connectivity index (χ1v) is 12.3. The molecule has 2 aromatic carbocycles. The van der Waals surface area contributed by atoms with Crippen LogP contribution in [0.4, 0.5) is 5.13 Å². The number of hydrogen-bond donors (Lipinski definition) is 0. The molecule has 0 spiro atoms. The van der Waals surface area contributed by atoms with Crippen molar-refractivity contribution in [2.75, 3.05) is 24.5 Å². The highest BCUT2D eigenvalue weighted by molar-refractivity contribution is 7.89. The molecule has 1 aliphatic rings. The first kappa shape index (κ1) is 21.2. The summed E-state index contributed by atoms with van der Waals surface area (Å²) >= 11 is 7.27. The molecular formula is C21H23ClN4O2S2. The number of piperazine rings is 1. The van der Waals surface area contributed by atoms with Crippen molar-refractivity contribution >= 4 is 38.3 Å². The number of anilines is 1. The SMILES string of the molecule is Cc1ccc(Cc2nsc(N3CCN(S(=O)(=O)c4ccc(Cl)cc4)C(C)C3)n2)cc1. The normalized spacial score (nSPS) is 18.0. The molecule has 1 aliphatic heterocycles. The van der Waals surface area contributed by atoms with Gasteiger partial charge in [0.05, 0.1) is 4.90 Å². The lowest BCUT2D eigenvalue weighted by Gasteiger charge is -2.38. The summed E-state index contributed by atoms with van der Waals surface area (Å²) in [5, 5.41) is 1.36. The Morgan fingerprint density at radius 3 is 2.47 bits per heavy atom. The largest absolute Gasteiger partial charge is 0.344 e. The fourth-order valence-electron chi connectivity index (χ4n) is 3.55. The molecular weight excluding hydrogens is 440 g/mol. The van der Waals surface area contributed by atoms with Gasteiger partial charge in [-0.3, -0.25) is 0 Å². The van der Waals surface area contributed by atoms with Crippen LogP contribution in [0, 0.1) is 6.92 Å². The monoisotopic (exact) mass is 462 g/mol. The van der Waals surface area contributed by atoms with Crippen LogP contribution in [0.25, 0.3) is 0 Å². The molecule has 158 valence electrons. The van der Waals surface area contributed by atoms with Crippen LogP contribution in [0.1, 0.15) is 23.9 Å². The van der Waals surface area contributed by atoms with Crippen LogP contribution in [0.3, 0.4) is 0 Å². The Balaban J connectivity index is 1.44. The molecule has 1 aromatic heterocycles. The first-order chi connectivity index (χ1) is 14.3. The van der Waals surface area contributed by atoms with Crippen LogP contribution in [0.2, 0.25) is 5.02 Å². The highest BCUT2D eigenvalue weighted by Gasteiger charge is 2.34. The van der Waals surface area contributed by atoms with Gasteiger partial charge in [-0.05, 0) is 43.7 Å². The Morgan fingerprint density at radius 2 is 1.80 bits per heavy atom. The van der Waals surface area contributed by atoms with E-state index in [0.29, 0.717) is 31.1 Å². The minimum Gasteiger partial charge on any atom is -0.344 e. The lowest BCUT2D eigenvalue weighted by atomic mass is 10.1. The van der Waals surface area contributed by atoms with Crippen molar-refractivity contribution in [3.63, 3.8) is 0 Å². The molecule has 3 aromatic rings. The molecule has 6 nitrogen and oxygen atoms in total. The average molecular weight is 463 g/mol. The Hall–Kier alpha value is -2.00. The minimum atomic E-state index is -3.56. The van der Waals surface area contributed by atoms with Crippen LogP contribution in [-0.2, 0) is 16.4 Å². The van der Waals surface area contributed by atoms with E-state index in [2.05, 4.69) is 40.5 Å². The molecule has 1 atom stereocenters. The van der Waals surface area contributed by atoms with Gasteiger partial charge in [-0.1, -0.05) is 41.4 Å². The van der Waals surface area contributed by atoms with E-state index >= 15 is 0 Å². The third-order valence-corrected chi connectivity index (χ3v) is 8.29. The summed E-state index contributed by atoms with van der Waals surface area (Å²) < 4.78 is 32.1. The molecule has 1 fully saturated rings. The Bertz CT molecular complexity index is 1110. The van der Waals surface area contributed by atoms with E-state index in [1.54, 1.807) is 28.6 Å². The van der Waals surface area contributed by atoms with Gasteiger partial charge in [0.1, 0.15) is 5.82 Å². The van der Waals surface area contributed by atoms with Gasteiger partial charge in [0.2, 0.25) is 15.2 Å². The lowest BCUT2D eigenvalue weighted by Crippen LogP contribution is -2.54. The number of aryl methyl sites for hydroxylation is 1. The number of nitrogens with zero attached hydrogens (tertiary/aromatic N) is 4. The highest BCUT2D eigenvalue weighted by Crippen LogP contribution is 2.26. The van der Waals surface area contributed by atoms with E-state index in [0.717, 1.165) is 11.0 Å². The molecule has 30 heavy (non-hydrogen) atoms. The number of aromatic nitrogens is 2. The van der Waals surface area contributed by atoms with E-state index in [1.165, 1.54) is 22.7 Å². The van der Waals surface area contributed by atoms with Crippen LogP contribution < -0.4 is 4.90 Å².